The lowest BCUT2D eigenvalue weighted by atomic mass is 10.3. The van der Waals surface area contributed by atoms with Crippen LogP contribution >= 0.6 is 11.3 Å². The Bertz CT molecular complexity index is 983. The highest BCUT2D eigenvalue weighted by Crippen LogP contribution is 2.31. The van der Waals surface area contributed by atoms with Crippen LogP contribution in [0.4, 0.5) is 4.39 Å². The summed E-state index contributed by atoms with van der Waals surface area (Å²) in [6, 6.07) is 10.4. The summed E-state index contributed by atoms with van der Waals surface area (Å²) in [4.78, 5) is 1.16. The summed E-state index contributed by atoms with van der Waals surface area (Å²) in [6.45, 7) is -0.242. The molecule has 9 heteroatoms. The molecule has 3 rings (SSSR count). The molecule has 6 nitrogen and oxygen atoms in total. The maximum Gasteiger partial charge on any atom is 0.240 e. The number of hydrogen-bond acceptors (Lipinski definition) is 6. The summed E-state index contributed by atoms with van der Waals surface area (Å²) in [7, 11) is -2.68. The molecule has 1 unspecified atom stereocenters. The first-order valence-corrected chi connectivity index (χ1v) is 9.85. The second-order valence-corrected chi connectivity index (χ2v) is 8.23. The first-order chi connectivity index (χ1) is 12.4. The highest BCUT2D eigenvalue weighted by atomic mass is 32.2. The fourth-order valence-corrected chi connectivity index (χ4v) is 4.28. The number of aliphatic hydroxyl groups excluding tert-OH is 1. The Kier molecular flexibility index (Phi) is 5.42. The Morgan fingerprint density at radius 2 is 2.12 bits per heavy atom. The Labute approximate surface area is 153 Å². The van der Waals surface area contributed by atoms with Crippen molar-refractivity contribution in [1.82, 2.24) is 4.72 Å². The second kappa shape index (κ2) is 7.58. The van der Waals surface area contributed by atoms with E-state index >= 15 is 0 Å². The van der Waals surface area contributed by atoms with E-state index < -0.39 is 21.9 Å². The molecule has 0 saturated heterocycles. The quantitative estimate of drug-likeness (QED) is 0.639. The highest BCUT2D eigenvalue weighted by Gasteiger charge is 2.20. The van der Waals surface area contributed by atoms with Gasteiger partial charge >= 0.3 is 0 Å². The van der Waals surface area contributed by atoms with Crippen LogP contribution in [0.5, 0.6) is 5.75 Å². The van der Waals surface area contributed by atoms with Gasteiger partial charge in [-0.05, 0) is 42.5 Å². The third-order valence-electron chi connectivity index (χ3n) is 3.62. The lowest BCUT2D eigenvalue weighted by Gasteiger charge is -2.11. The number of methoxy groups -OCH3 is 1. The SMILES string of the molecule is COc1ccc(S(=O)(=O)NCC(O)c2ccc(-c3ccco3)s2)cc1F. The minimum absolute atomic E-state index is 0.0481. The van der Waals surface area contributed by atoms with Crippen LogP contribution < -0.4 is 9.46 Å². The number of nitrogens with one attached hydrogen (secondary N) is 1. The van der Waals surface area contributed by atoms with Gasteiger partial charge in [0.2, 0.25) is 10.0 Å². The standard InChI is InChI=1S/C17H16FNO5S2/c1-23-14-5-4-11(9-12(14)18)26(21,22)19-10-13(20)16-6-7-17(25-16)15-3-2-8-24-15/h2-9,13,19-20H,10H2,1H3. The molecule has 0 radical (unpaired) electrons. The molecule has 0 saturated carbocycles. The van der Waals surface area contributed by atoms with Gasteiger partial charge in [-0.2, -0.15) is 0 Å². The van der Waals surface area contributed by atoms with E-state index in [0.29, 0.717) is 10.6 Å². The van der Waals surface area contributed by atoms with Gasteiger partial charge in [0.1, 0.15) is 11.9 Å². The maximum atomic E-state index is 13.7. The Morgan fingerprint density at radius 1 is 1.31 bits per heavy atom. The zero-order valence-corrected chi connectivity index (χ0v) is 15.3. The largest absolute Gasteiger partial charge is 0.494 e. The number of furan rings is 1. The van der Waals surface area contributed by atoms with Crippen molar-refractivity contribution >= 4 is 21.4 Å². The average Bonchev–Trinajstić information content (AvgIpc) is 3.30. The van der Waals surface area contributed by atoms with Crippen LogP contribution in [-0.4, -0.2) is 27.2 Å². The van der Waals surface area contributed by atoms with Gasteiger partial charge in [0.25, 0.3) is 0 Å². The molecular weight excluding hydrogens is 381 g/mol. The van der Waals surface area contributed by atoms with Gasteiger partial charge in [-0.1, -0.05) is 0 Å². The summed E-state index contributed by atoms with van der Waals surface area (Å²) in [5.74, 6) is -0.159. The van der Waals surface area contributed by atoms with Crippen LogP contribution in [0.3, 0.4) is 0 Å². The number of rotatable bonds is 7. The van der Waals surface area contributed by atoms with Gasteiger partial charge in [-0.15, -0.1) is 11.3 Å². The summed E-state index contributed by atoms with van der Waals surface area (Å²) < 4.78 is 50.6. The average molecular weight is 397 g/mol. The Balaban J connectivity index is 1.68. The molecule has 2 aromatic heterocycles. The van der Waals surface area contributed by atoms with Gasteiger partial charge in [0.15, 0.2) is 11.6 Å². The second-order valence-electron chi connectivity index (χ2n) is 5.34. The molecular formula is C17H16FNO5S2. The number of halogens is 1. The molecule has 2 heterocycles. The van der Waals surface area contributed by atoms with Crippen molar-refractivity contribution in [2.75, 3.05) is 13.7 Å². The smallest absolute Gasteiger partial charge is 0.240 e. The number of sulfonamides is 1. The van der Waals surface area contributed by atoms with E-state index in [1.807, 2.05) is 0 Å². The molecule has 0 bridgehead atoms. The minimum atomic E-state index is -3.97. The van der Waals surface area contributed by atoms with Crippen molar-refractivity contribution in [2.24, 2.45) is 0 Å². The molecule has 0 fully saturated rings. The van der Waals surface area contributed by atoms with Crippen molar-refractivity contribution in [1.29, 1.82) is 0 Å². The lowest BCUT2D eigenvalue weighted by Crippen LogP contribution is -2.28. The molecule has 26 heavy (non-hydrogen) atoms. The molecule has 1 aromatic carbocycles. The van der Waals surface area contributed by atoms with E-state index in [4.69, 9.17) is 9.15 Å². The molecule has 0 amide bonds. The predicted molar refractivity (Wildman–Crippen MR) is 95.1 cm³/mol. The monoisotopic (exact) mass is 397 g/mol. The molecule has 2 N–H and O–H groups in total. The van der Waals surface area contributed by atoms with Crippen LogP contribution in [-0.2, 0) is 10.0 Å². The van der Waals surface area contributed by atoms with Crippen LogP contribution in [0.25, 0.3) is 10.6 Å². The lowest BCUT2D eigenvalue weighted by molar-refractivity contribution is 0.186. The van der Waals surface area contributed by atoms with E-state index in [1.54, 1.807) is 30.5 Å². The number of hydrogen-bond donors (Lipinski definition) is 2. The van der Waals surface area contributed by atoms with Crippen molar-refractivity contribution in [3.8, 4) is 16.4 Å². The van der Waals surface area contributed by atoms with Gasteiger partial charge in [-0.3, -0.25) is 0 Å². The molecule has 0 spiro atoms. The van der Waals surface area contributed by atoms with E-state index in [-0.39, 0.29) is 17.2 Å². The topological polar surface area (TPSA) is 88.8 Å². The van der Waals surface area contributed by atoms with Crippen LogP contribution in [0.2, 0.25) is 0 Å². The van der Waals surface area contributed by atoms with E-state index in [2.05, 4.69) is 4.72 Å². The van der Waals surface area contributed by atoms with E-state index in [0.717, 1.165) is 10.9 Å². The Morgan fingerprint density at radius 3 is 2.77 bits per heavy atom. The molecule has 138 valence electrons. The summed E-state index contributed by atoms with van der Waals surface area (Å²) >= 11 is 1.30. The normalized spacial score (nSPS) is 12.9. The van der Waals surface area contributed by atoms with Crippen LogP contribution in [0.1, 0.15) is 11.0 Å². The van der Waals surface area contributed by atoms with Gasteiger partial charge < -0.3 is 14.3 Å². The van der Waals surface area contributed by atoms with E-state index in [9.17, 15) is 17.9 Å². The first kappa shape index (κ1) is 18.6. The fourth-order valence-electron chi connectivity index (χ4n) is 2.27. The van der Waals surface area contributed by atoms with Gasteiger partial charge in [0, 0.05) is 11.4 Å². The van der Waals surface area contributed by atoms with Crippen molar-refractivity contribution in [2.45, 2.75) is 11.0 Å². The predicted octanol–water partition coefficient (Wildman–Crippen LogP) is 3.17. The molecule has 1 atom stereocenters. The molecule has 0 aliphatic heterocycles. The Hall–Kier alpha value is -2.20. The number of aliphatic hydroxyl groups is 1. The molecule has 0 aliphatic carbocycles. The van der Waals surface area contributed by atoms with Crippen LogP contribution in [0, 0.1) is 5.82 Å². The van der Waals surface area contributed by atoms with Crippen molar-refractivity contribution < 1.29 is 27.1 Å². The third-order valence-corrected chi connectivity index (χ3v) is 6.24. The van der Waals surface area contributed by atoms with Gasteiger partial charge in [0.05, 0.1) is 23.1 Å². The third kappa shape index (κ3) is 3.96. The summed E-state index contributed by atoms with van der Waals surface area (Å²) in [6.07, 6.45) is 0.509. The summed E-state index contributed by atoms with van der Waals surface area (Å²) in [5.41, 5.74) is 0. The minimum Gasteiger partial charge on any atom is -0.494 e. The van der Waals surface area contributed by atoms with E-state index in [1.165, 1.54) is 30.6 Å². The highest BCUT2D eigenvalue weighted by molar-refractivity contribution is 7.89. The summed E-state index contributed by atoms with van der Waals surface area (Å²) in [5, 5.41) is 10.2. The molecule has 3 aromatic rings. The molecule has 0 aliphatic rings. The number of ether oxygens (including phenoxy) is 1. The van der Waals surface area contributed by atoms with Crippen molar-refractivity contribution in [3.05, 3.63) is 59.4 Å². The number of benzene rings is 1. The number of thiophene rings is 1. The maximum absolute atomic E-state index is 13.7. The zero-order chi connectivity index (χ0) is 18.7. The fraction of sp³-hybridized carbons (Fsp3) is 0.176. The van der Waals surface area contributed by atoms with Gasteiger partial charge in [-0.25, -0.2) is 17.5 Å². The van der Waals surface area contributed by atoms with Crippen molar-refractivity contribution in [3.63, 3.8) is 0 Å². The first-order valence-electron chi connectivity index (χ1n) is 7.55. The zero-order valence-electron chi connectivity index (χ0n) is 13.7. The van der Waals surface area contributed by atoms with Crippen LogP contribution in [0.15, 0.2) is 58.0 Å².